The van der Waals surface area contributed by atoms with Gasteiger partial charge in [0.25, 0.3) is 5.91 Å². The number of nitrogens with zero attached hydrogens (tertiary/aromatic N) is 3. The van der Waals surface area contributed by atoms with E-state index in [9.17, 15) is 9.59 Å². The molecule has 0 radical (unpaired) electrons. The molecule has 1 atom stereocenters. The lowest BCUT2D eigenvalue weighted by Crippen LogP contribution is -2.47. The molecule has 38 heavy (non-hydrogen) atoms. The van der Waals surface area contributed by atoms with Crippen LogP contribution in [-0.4, -0.2) is 59.5 Å². The zero-order valence-electron chi connectivity index (χ0n) is 23.5. The van der Waals surface area contributed by atoms with Crippen molar-refractivity contribution in [3.05, 3.63) is 83.7 Å². The van der Waals surface area contributed by atoms with Gasteiger partial charge in [-0.25, -0.2) is 0 Å². The van der Waals surface area contributed by atoms with Gasteiger partial charge in [-0.1, -0.05) is 32.9 Å². The second-order valence-electron chi connectivity index (χ2n) is 10.1. The molecule has 0 saturated heterocycles. The highest BCUT2D eigenvalue weighted by molar-refractivity contribution is 5.96. The van der Waals surface area contributed by atoms with Crippen molar-refractivity contribution in [2.45, 2.75) is 53.2 Å². The molecule has 0 aliphatic rings. The van der Waals surface area contributed by atoms with Crippen LogP contribution in [0.15, 0.2) is 66.9 Å². The third-order valence-corrected chi connectivity index (χ3v) is 6.72. The van der Waals surface area contributed by atoms with Crippen LogP contribution in [0.5, 0.6) is 11.5 Å². The third kappa shape index (κ3) is 7.63. The van der Waals surface area contributed by atoms with Crippen molar-refractivity contribution >= 4 is 11.8 Å². The van der Waals surface area contributed by atoms with Crippen LogP contribution in [0.25, 0.3) is 0 Å². The summed E-state index contributed by atoms with van der Waals surface area (Å²) in [6, 6.07) is 19.1. The number of hydrogen-bond donors (Lipinski definition) is 0. The normalized spacial score (nSPS) is 11.8. The largest absolute Gasteiger partial charge is 0.497 e. The maximum atomic E-state index is 13.7. The van der Waals surface area contributed by atoms with Gasteiger partial charge in [0.1, 0.15) is 18.0 Å². The molecule has 0 saturated carbocycles. The van der Waals surface area contributed by atoms with Crippen LogP contribution in [0.1, 0.15) is 55.7 Å². The summed E-state index contributed by atoms with van der Waals surface area (Å²) >= 11 is 0. The fourth-order valence-corrected chi connectivity index (χ4v) is 4.43. The van der Waals surface area contributed by atoms with E-state index < -0.39 is 0 Å². The predicted molar refractivity (Wildman–Crippen MR) is 151 cm³/mol. The molecule has 1 heterocycles. The molecular weight excluding hydrogens is 478 g/mol. The summed E-state index contributed by atoms with van der Waals surface area (Å²) in [5, 5.41) is 0. The van der Waals surface area contributed by atoms with Gasteiger partial charge in [-0.3, -0.25) is 9.59 Å². The molecule has 3 aromatic rings. The van der Waals surface area contributed by atoms with E-state index in [1.165, 1.54) is 0 Å². The molecule has 0 N–H and O–H groups in total. The molecule has 0 spiro atoms. The molecule has 7 nitrogen and oxygen atoms in total. The average molecular weight is 520 g/mol. The minimum atomic E-state index is -0.153. The zero-order chi connectivity index (χ0) is 27.7. The van der Waals surface area contributed by atoms with Crippen molar-refractivity contribution in [2.75, 3.05) is 27.3 Å². The van der Waals surface area contributed by atoms with Gasteiger partial charge in [-0.15, -0.1) is 0 Å². The van der Waals surface area contributed by atoms with Gasteiger partial charge in [0, 0.05) is 36.6 Å². The fraction of sp³-hybridized carbons (Fsp3) is 0.419. The molecule has 3 rings (SSSR count). The standard InChI is InChI=1S/C31H41N3O4/c1-7-24(4)34(21-27-11-9-17-32(27)20-25-10-8-12-29(18-25)38-6)30(35)22-33(19-23(2)3)31(36)26-13-15-28(37-5)16-14-26/h8-18,23-24H,7,19-22H2,1-6H3. The number of carbonyl (C=O) groups is 2. The molecule has 0 aliphatic heterocycles. The highest BCUT2D eigenvalue weighted by atomic mass is 16.5. The van der Waals surface area contributed by atoms with Crippen LogP contribution in [-0.2, 0) is 17.9 Å². The zero-order valence-corrected chi connectivity index (χ0v) is 23.5. The first-order chi connectivity index (χ1) is 18.2. The summed E-state index contributed by atoms with van der Waals surface area (Å²) in [6.07, 6.45) is 2.85. The smallest absolute Gasteiger partial charge is 0.254 e. The Kier molecular flexibility index (Phi) is 10.4. The third-order valence-electron chi connectivity index (χ3n) is 6.72. The molecule has 7 heteroatoms. The van der Waals surface area contributed by atoms with Crippen LogP contribution in [0.3, 0.4) is 0 Å². The highest BCUT2D eigenvalue weighted by Crippen LogP contribution is 2.19. The minimum Gasteiger partial charge on any atom is -0.497 e. The number of hydrogen-bond acceptors (Lipinski definition) is 4. The molecule has 204 valence electrons. The van der Waals surface area contributed by atoms with Gasteiger partial charge in [-0.2, -0.15) is 0 Å². The SMILES string of the molecule is CCC(C)N(Cc1cccn1Cc1cccc(OC)c1)C(=O)CN(CC(C)C)C(=O)c1ccc(OC)cc1. The van der Waals surface area contributed by atoms with E-state index in [1.54, 1.807) is 43.4 Å². The van der Waals surface area contributed by atoms with Crippen molar-refractivity contribution < 1.29 is 19.1 Å². The summed E-state index contributed by atoms with van der Waals surface area (Å²) in [6.45, 7) is 9.92. The number of ether oxygens (including phenoxy) is 2. The Bertz CT molecular complexity index is 1190. The first-order valence-electron chi connectivity index (χ1n) is 13.2. The van der Waals surface area contributed by atoms with Crippen molar-refractivity contribution in [1.82, 2.24) is 14.4 Å². The Balaban J connectivity index is 1.79. The van der Waals surface area contributed by atoms with E-state index in [-0.39, 0.29) is 30.3 Å². The number of carbonyl (C=O) groups excluding carboxylic acids is 2. The van der Waals surface area contributed by atoms with E-state index in [0.717, 1.165) is 23.4 Å². The van der Waals surface area contributed by atoms with Crippen molar-refractivity contribution in [3.63, 3.8) is 0 Å². The van der Waals surface area contributed by atoms with Crippen LogP contribution in [0.4, 0.5) is 0 Å². The van der Waals surface area contributed by atoms with Gasteiger partial charge in [-0.05, 0) is 73.4 Å². The van der Waals surface area contributed by atoms with Crippen LogP contribution >= 0.6 is 0 Å². The number of amides is 2. The first kappa shape index (κ1) is 28.8. The fourth-order valence-electron chi connectivity index (χ4n) is 4.43. The van der Waals surface area contributed by atoms with Gasteiger partial charge < -0.3 is 23.8 Å². The Morgan fingerprint density at radius 1 is 0.921 bits per heavy atom. The predicted octanol–water partition coefficient (Wildman–Crippen LogP) is 5.48. The summed E-state index contributed by atoms with van der Waals surface area (Å²) < 4.78 is 12.8. The van der Waals surface area contributed by atoms with E-state index in [4.69, 9.17) is 9.47 Å². The van der Waals surface area contributed by atoms with Crippen LogP contribution in [0, 0.1) is 5.92 Å². The number of benzene rings is 2. The van der Waals surface area contributed by atoms with E-state index in [2.05, 4.69) is 44.4 Å². The second kappa shape index (κ2) is 13.7. The molecule has 1 unspecified atom stereocenters. The number of rotatable bonds is 13. The maximum Gasteiger partial charge on any atom is 0.254 e. The van der Waals surface area contributed by atoms with Crippen molar-refractivity contribution in [1.29, 1.82) is 0 Å². The Labute approximate surface area is 227 Å². The molecular formula is C31H41N3O4. The maximum absolute atomic E-state index is 13.7. The molecule has 0 fully saturated rings. The van der Waals surface area contributed by atoms with E-state index >= 15 is 0 Å². The Morgan fingerprint density at radius 2 is 1.63 bits per heavy atom. The van der Waals surface area contributed by atoms with E-state index in [0.29, 0.717) is 30.9 Å². The lowest BCUT2D eigenvalue weighted by Gasteiger charge is -2.32. The monoisotopic (exact) mass is 519 g/mol. The Hall–Kier alpha value is -3.74. The lowest BCUT2D eigenvalue weighted by atomic mass is 10.1. The minimum absolute atomic E-state index is 0.0275. The molecule has 2 amide bonds. The molecule has 0 bridgehead atoms. The summed E-state index contributed by atoms with van der Waals surface area (Å²) in [4.78, 5) is 30.7. The van der Waals surface area contributed by atoms with Crippen LogP contribution < -0.4 is 9.47 Å². The average Bonchev–Trinajstić information content (AvgIpc) is 3.36. The molecule has 1 aromatic heterocycles. The lowest BCUT2D eigenvalue weighted by molar-refractivity contribution is -0.134. The summed E-state index contributed by atoms with van der Waals surface area (Å²) in [7, 11) is 3.26. The number of aromatic nitrogens is 1. The Morgan fingerprint density at radius 3 is 2.26 bits per heavy atom. The van der Waals surface area contributed by atoms with Crippen LogP contribution in [0.2, 0.25) is 0 Å². The topological polar surface area (TPSA) is 64.0 Å². The van der Waals surface area contributed by atoms with Gasteiger partial charge in [0.15, 0.2) is 0 Å². The van der Waals surface area contributed by atoms with Gasteiger partial charge in [0.2, 0.25) is 5.91 Å². The van der Waals surface area contributed by atoms with Gasteiger partial charge in [0.05, 0.1) is 20.8 Å². The first-order valence-corrected chi connectivity index (χ1v) is 13.2. The van der Waals surface area contributed by atoms with Crippen molar-refractivity contribution in [2.24, 2.45) is 5.92 Å². The quantitative estimate of drug-likeness (QED) is 0.300. The highest BCUT2D eigenvalue weighted by Gasteiger charge is 2.26. The summed E-state index contributed by atoms with van der Waals surface area (Å²) in [5.41, 5.74) is 2.70. The molecule has 0 aliphatic carbocycles. The van der Waals surface area contributed by atoms with Crippen molar-refractivity contribution in [3.8, 4) is 11.5 Å². The van der Waals surface area contributed by atoms with Gasteiger partial charge >= 0.3 is 0 Å². The summed E-state index contributed by atoms with van der Waals surface area (Å²) in [5.74, 6) is 1.52. The molecule has 2 aromatic carbocycles. The number of methoxy groups -OCH3 is 2. The second-order valence-corrected chi connectivity index (χ2v) is 10.1. The van der Waals surface area contributed by atoms with E-state index in [1.807, 2.05) is 35.4 Å².